The van der Waals surface area contributed by atoms with Crippen LogP contribution in [0.3, 0.4) is 0 Å². The van der Waals surface area contributed by atoms with E-state index in [1.54, 1.807) is 12.3 Å². The van der Waals surface area contributed by atoms with Gasteiger partial charge in [0, 0.05) is 12.7 Å². The molecule has 0 saturated heterocycles. The first-order valence-electron chi connectivity index (χ1n) is 7.81. The molecule has 3 rings (SSSR count). The summed E-state index contributed by atoms with van der Waals surface area (Å²) < 4.78 is 0. The second-order valence-corrected chi connectivity index (χ2v) is 4.60. The van der Waals surface area contributed by atoms with Crippen molar-refractivity contribution in [3.05, 3.63) is 72.6 Å². The van der Waals surface area contributed by atoms with Crippen LogP contribution in [-0.4, -0.2) is 17.0 Å². The molecule has 0 atom stereocenters. The number of hydrogen-bond donors (Lipinski definition) is 1. The minimum Gasteiger partial charge on any atom is -0.388 e. The lowest BCUT2D eigenvalue weighted by molar-refractivity contribution is 1.27. The fraction of sp³-hybridized carbons (Fsp3) is 0.200. The van der Waals surface area contributed by atoms with Crippen molar-refractivity contribution in [2.75, 3.05) is 12.4 Å². The zero-order valence-corrected chi connectivity index (χ0v) is 14.4. The zero-order chi connectivity index (χ0) is 17.1. The molecular weight excluding hydrogens is 282 g/mol. The molecule has 23 heavy (non-hydrogen) atoms. The molecule has 1 aromatic heterocycles. The van der Waals surface area contributed by atoms with Crippen LogP contribution in [0.4, 0.5) is 5.69 Å². The third-order valence-electron chi connectivity index (χ3n) is 3.02. The van der Waals surface area contributed by atoms with Crippen molar-refractivity contribution < 1.29 is 0 Å². The van der Waals surface area contributed by atoms with E-state index in [1.165, 1.54) is 11.3 Å². The number of rotatable bonds is 2. The first kappa shape index (κ1) is 18.4. The smallest absolute Gasteiger partial charge is 0.0894 e. The maximum absolute atomic E-state index is 4.31. The van der Waals surface area contributed by atoms with E-state index in [1.807, 2.05) is 45.2 Å². The molecule has 3 nitrogen and oxygen atoms in total. The Hall–Kier alpha value is -2.68. The lowest BCUT2D eigenvalue weighted by Gasteiger charge is -1.97. The summed E-state index contributed by atoms with van der Waals surface area (Å²) >= 11 is 0. The first-order chi connectivity index (χ1) is 11.2. The lowest BCUT2D eigenvalue weighted by Crippen LogP contribution is -1.85. The molecule has 3 heteroatoms. The summed E-state index contributed by atoms with van der Waals surface area (Å²) in [6.45, 7) is 9.72. The van der Waals surface area contributed by atoms with E-state index in [0.717, 1.165) is 16.7 Å². The number of hydrogen-bond acceptors (Lipinski definition) is 3. The Morgan fingerprint density at radius 2 is 1.57 bits per heavy atom. The second kappa shape index (κ2) is 10.1. The van der Waals surface area contributed by atoms with Gasteiger partial charge >= 0.3 is 0 Å². The molecule has 0 fully saturated rings. The largest absolute Gasteiger partial charge is 0.388 e. The number of nitrogens with zero attached hydrogens (tertiary/aromatic N) is 2. The predicted octanol–water partition coefficient (Wildman–Crippen LogP) is 5.34. The summed E-state index contributed by atoms with van der Waals surface area (Å²) in [6, 6.07) is 16.1. The van der Waals surface area contributed by atoms with E-state index in [2.05, 4.69) is 53.1 Å². The van der Waals surface area contributed by atoms with Gasteiger partial charge in [0.1, 0.15) is 0 Å². The molecule has 0 radical (unpaired) electrons. The average molecular weight is 307 g/mol. The number of nitrogens with one attached hydrogen (secondary N) is 1. The Morgan fingerprint density at radius 3 is 2.13 bits per heavy atom. The fourth-order valence-corrected chi connectivity index (χ4v) is 1.79. The van der Waals surface area contributed by atoms with Crippen molar-refractivity contribution in [1.82, 2.24) is 9.97 Å². The standard InChI is InChI=1S/C10H8N2.C8H11N.C2H6/c1-2-8-7-11-9-5-3-4-6-10(9)12-8;1-7-3-5-8(9-2)6-4-7;1-2/h2-7H,1H2;3-6,9H,1-2H3;1-2H3. The van der Waals surface area contributed by atoms with Gasteiger partial charge in [-0.1, -0.05) is 50.3 Å². The number of fused-ring (bicyclic) bond motifs is 1. The third kappa shape index (κ3) is 5.91. The van der Waals surface area contributed by atoms with Crippen molar-refractivity contribution in [1.29, 1.82) is 0 Å². The molecule has 2 aromatic carbocycles. The molecule has 0 spiro atoms. The van der Waals surface area contributed by atoms with E-state index in [4.69, 9.17) is 0 Å². The van der Waals surface area contributed by atoms with Crippen LogP contribution in [0.25, 0.3) is 17.1 Å². The average Bonchev–Trinajstić information content (AvgIpc) is 2.64. The Bertz CT molecular complexity index is 718. The first-order valence-corrected chi connectivity index (χ1v) is 7.81. The van der Waals surface area contributed by atoms with Gasteiger partial charge in [0.25, 0.3) is 0 Å². The van der Waals surface area contributed by atoms with Gasteiger partial charge in [0.2, 0.25) is 0 Å². The molecule has 0 saturated carbocycles. The minimum atomic E-state index is 0.814. The summed E-state index contributed by atoms with van der Waals surface area (Å²) in [5.74, 6) is 0. The highest BCUT2D eigenvalue weighted by Gasteiger charge is 1.93. The third-order valence-corrected chi connectivity index (χ3v) is 3.02. The van der Waals surface area contributed by atoms with E-state index < -0.39 is 0 Å². The molecule has 0 aliphatic heterocycles. The second-order valence-electron chi connectivity index (χ2n) is 4.60. The number of aromatic nitrogens is 2. The summed E-state index contributed by atoms with van der Waals surface area (Å²) in [7, 11) is 1.92. The number of aryl methyl sites for hydroxylation is 1. The molecule has 120 valence electrons. The van der Waals surface area contributed by atoms with Crippen LogP contribution in [0.1, 0.15) is 25.1 Å². The Balaban J connectivity index is 0.000000215. The van der Waals surface area contributed by atoms with Crippen molar-refractivity contribution in [3.8, 4) is 0 Å². The number of anilines is 1. The highest BCUT2D eigenvalue weighted by Crippen LogP contribution is 2.08. The highest BCUT2D eigenvalue weighted by atomic mass is 14.8. The van der Waals surface area contributed by atoms with Crippen molar-refractivity contribution in [2.24, 2.45) is 0 Å². The molecule has 0 aliphatic rings. The van der Waals surface area contributed by atoms with Crippen molar-refractivity contribution in [3.63, 3.8) is 0 Å². The molecular formula is C20H25N3. The number of benzene rings is 2. The van der Waals surface area contributed by atoms with E-state index >= 15 is 0 Å². The molecule has 0 unspecified atom stereocenters. The minimum absolute atomic E-state index is 0.814. The summed E-state index contributed by atoms with van der Waals surface area (Å²) in [6.07, 6.45) is 3.41. The van der Waals surface area contributed by atoms with Gasteiger partial charge in [-0.2, -0.15) is 0 Å². The maximum atomic E-state index is 4.31. The van der Waals surface area contributed by atoms with Gasteiger partial charge in [-0.3, -0.25) is 4.98 Å². The van der Waals surface area contributed by atoms with Crippen LogP contribution in [-0.2, 0) is 0 Å². The SMILES string of the molecule is C=Cc1cnc2ccccc2n1.CC.CNc1ccc(C)cc1. The Labute approximate surface area is 139 Å². The van der Waals surface area contributed by atoms with Crippen LogP contribution in [0, 0.1) is 6.92 Å². The molecule has 0 bridgehead atoms. The van der Waals surface area contributed by atoms with Gasteiger partial charge in [-0.05, 0) is 37.3 Å². The van der Waals surface area contributed by atoms with Gasteiger partial charge in [-0.25, -0.2) is 4.98 Å². The van der Waals surface area contributed by atoms with Crippen LogP contribution in [0.2, 0.25) is 0 Å². The van der Waals surface area contributed by atoms with Crippen LogP contribution in [0.5, 0.6) is 0 Å². The molecule has 0 aliphatic carbocycles. The van der Waals surface area contributed by atoms with Gasteiger partial charge < -0.3 is 5.32 Å². The van der Waals surface area contributed by atoms with Crippen LogP contribution < -0.4 is 5.32 Å². The Morgan fingerprint density at radius 1 is 0.957 bits per heavy atom. The lowest BCUT2D eigenvalue weighted by atomic mass is 10.2. The molecule has 3 aromatic rings. The number of para-hydroxylation sites is 2. The van der Waals surface area contributed by atoms with Gasteiger partial charge in [-0.15, -0.1) is 0 Å². The summed E-state index contributed by atoms with van der Waals surface area (Å²) in [5.41, 5.74) is 5.11. The van der Waals surface area contributed by atoms with Crippen molar-refractivity contribution >= 4 is 22.8 Å². The molecule has 1 heterocycles. The molecule has 0 amide bonds. The quantitative estimate of drug-likeness (QED) is 0.695. The molecule has 1 N–H and O–H groups in total. The van der Waals surface area contributed by atoms with E-state index in [-0.39, 0.29) is 0 Å². The normalized spacial score (nSPS) is 9.04. The van der Waals surface area contributed by atoms with Crippen molar-refractivity contribution in [2.45, 2.75) is 20.8 Å². The summed E-state index contributed by atoms with van der Waals surface area (Å²) in [5, 5.41) is 3.05. The maximum Gasteiger partial charge on any atom is 0.0894 e. The highest BCUT2D eigenvalue weighted by molar-refractivity contribution is 5.74. The van der Waals surface area contributed by atoms with Crippen LogP contribution in [0.15, 0.2) is 61.3 Å². The summed E-state index contributed by atoms with van der Waals surface area (Å²) in [4.78, 5) is 8.53. The monoisotopic (exact) mass is 307 g/mol. The van der Waals surface area contributed by atoms with E-state index in [0.29, 0.717) is 0 Å². The van der Waals surface area contributed by atoms with E-state index in [9.17, 15) is 0 Å². The van der Waals surface area contributed by atoms with Gasteiger partial charge in [0.05, 0.1) is 22.9 Å². The Kier molecular flexibility index (Phi) is 8.08. The predicted molar refractivity (Wildman–Crippen MR) is 102 cm³/mol. The fourth-order valence-electron chi connectivity index (χ4n) is 1.79. The topological polar surface area (TPSA) is 37.8 Å². The van der Waals surface area contributed by atoms with Crippen LogP contribution >= 0.6 is 0 Å². The van der Waals surface area contributed by atoms with Gasteiger partial charge in [0.15, 0.2) is 0 Å². The zero-order valence-electron chi connectivity index (χ0n) is 14.4.